The number of benzene rings is 1. The lowest BCUT2D eigenvalue weighted by Crippen LogP contribution is -2.48. The number of urea groups is 1. The standard InChI is InChI=1S/C22H31N5O/c28-22(24-20-9-5-2-6-10-20)26-13-11-18(12-14-26)15-21-25-23-17-27(21)16-19-7-3-1-4-8-19/h1,3-4,7-8,17-18,20H,2,5-6,9-16H2,(H,24,28). The third kappa shape index (κ3) is 4.91. The first-order valence-electron chi connectivity index (χ1n) is 10.7. The molecule has 1 aliphatic carbocycles. The highest BCUT2D eigenvalue weighted by Crippen LogP contribution is 2.22. The summed E-state index contributed by atoms with van der Waals surface area (Å²) in [7, 11) is 0. The molecule has 0 atom stereocenters. The number of likely N-dealkylation sites (tertiary alicyclic amines) is 1. The number of amides is 2. The zero-order valence-electron chi connectivity index (χ0n) is 16.6. The van der Waals surface area contributed by atoms with Crippen LogP contribution in [0, 0.1) is 5.92 Å². The number of nitrogens with zero attached hydrogens (tertiary/aromatic N) is 4. The van der Waals surface area contributed by atoms with Crippen molar-refractivity contribution in [2.24, 2.45) is 5.92 Å². The van der Waals surface area contributed by atoms with E-state index >= 15 is 0 Å². The van der Waals surface area contributed by atoms with Crippen molar-refractivity contribution >= 4 is 6.03 Å². The number of hydrogen-bond donors (Lipinski definition) is 1. The van der Waals surface area contributed by atoms with Crippen LogP contribution < -0.4 is 5.32 Å². The number of hydrogen-bond acceptors (Lipinski definition) is 3. The maximum atomic E-state index is 12.5. The first-order chi connectivity index (χ1) is 13.8. The van der Waals surface area contributed by atoms with E-state index in [1.807, 2.05) is 17.3 Å². The Kier molecular flexibility index (Phi) is 6.24. The molecule has 2 aromatic rings. The summed E-state index contributed by atoms with van der Waals surface area (Å²) in [5.74, 6) is 1.62. The number of aromatic nitrogens is 3. The zero-order chi connectivity index (χ0) is 19.2. The lowest BCUT2D eigenvalue weighted by Gasteiger charge is -2.33. The van der Waals surface area contributed by atoms with Gasteiger partial charge in [-0.15, -0.1) is 10.2 Å². The minimum Gasteiger partial charge on any atom is -0.335 e. The summed E-state index contributed by atoms with van der Waals surface area (Å²) in [6.07, 6.45) is 10.9. The van der Waals surface area contributed by atoms with Crippen molar-refractivity contribution in [2.75, 3.05) is 13.1 Å². The minimum absolute atomic E-state index is 0.137. The maximum Gasteiger partial charge on any atom is 0.317 e. The van der Waals surface area contributed by atoms with Gasteiger partial charge in [-0.1, -0.05) is 49.6 Å². The number of carbonyl (C=O) groups is 1. The third-order valence-corrected chi connectivity index (χ3v) is 6.20. The highest BCUT2D eigenvalue weighted by molar-refractivity contribution is 5.74. The Bertz CT molecular complexity index is 745. The van der Waals surface area contributed by atoms with Crippen molar-refractivity contribution in [1.82, 2.24) is 25.0 Å². The predicted octanol–water partition coefficient (Wildman–Crippen LogP) is 3.62. The Labute approximate surface area is 167 Å². The Morgan fingerprint density at radius 1 is 1.04 bits per heavy atom. The lowest BCUT2D eigenvalue weighted by atomic mass is 9.93. The van der Waals surface area contributed by atoms with Crippen LogP contribution in [0.5, 0.6) is 0 Å². The molecule has 1 aliphatic heterocycles. The van der Waals surface area contributed by atoms with Crippen molar-refractivity contribution in [2.45, 2.75) is 64.0 Å². The van der Waals surface area contributed by atoms with Crippen LogP contribution in [-0.2, 0) is 13.0 Å². The van der Waals surface area contributed by atoms with E-state index in [1.165, 1.54) is 24.8 Å². The molecule has 2 fully saturated rings. The van der Waals surface area contributed by atoms with Crippen LogP contribution >= 0.6 is 0 Å². The van der Waals surface area contributed by atoms with E-state index in [9.17, 15) is 4.79 Å². The molecule has 1 aromatic carbocycles. The molecule has 1 aromatic heterocycles. The molecule has 2 heterocycles. The van der Waals surface area contributed by atoms with Crippen LogP contribution in [0.15, 0.2) is 36.7 Å². The van der Waals surface area contributed by atoms with Gasteiger partial charge < -0.3 is 14.8 Å². The normalized spacial score (nSPS) is 18.9. The SMILES string of the molecule is O=C(NC1CCCCC1)N1CCC(Cc2nncn2Cc2ccccc2)CC1. The van der Waals surface area contributed by atoms with Crippen LogP contribution in [0.4, 0.5) is 4.79 Å². The predicted molar refractivity (Wildman–Crippen MR) is 109 cm³/mol. The van der Waals surface area contributed by atoms with Crippen molar-refractivity contribution in [3.63, 3.8) is 0 Å². The molecule has 2 aliphatic rings. The summed E-state index contributed by atoms with van der Waals surface area (Å²) < 4.78 is 2.15. The molecular weight excluding hydrogens is 350 g/mol. The molecule has 6 nitrogen and oxygen atoms in total. The molecule has 0 radical (unpaired) electrons. The Morgan fingerprint density at radius 3 is 2.54 bits per heavy atom. The molecule has 2 amide bonds. The summed E-state index contributed by atoms with van der Waals surface area (Å²) in [6.45, 7) is 2.50. The topological polar surface area (TPSA) is 63.1 Å². The van der Waals surface area contributed by atoms with Crippen molar-refractivity contribution < 1.29 is 4.79 Å². The molecule has 0 spiro atoms. The Balaban J connectivity index is 1.26. The van der Waals surface area contributed by atoms with E-state index in [1.54, 1.807) is 0 Å². The second-order valence-electron chi connectivity index (χ2n) is 8.28. The minimum atomic E-state index is 0.137. The number of carbonyl (C=O) groups excluding carboxylic acids is 1. The van der Waals surface area contributed by atoms with E-state index in [0.29, 0.717) is 12.0 Å². The van der Waals surface area contributed by atoms with Gasteiger partial charge in [0.05, 0.1) is 6.54 Å². The van der Waals surface area contributed by atoms with Crippen LogP contribution in [0.2, 0.25) is 0 Å². The molecule has 1 saturated heterocycles. The number of nitrogens with one attached hydrogen (secondary N) is 1. The van der Waals surface area contributed by atoms with Gasteiger partial charge in [-0.2, -0.15) is 0 Å². The highest BCUT2D eigenvalue weighted by Gasteiger charge is 2.26. The van der Waals surface area contributed by atoms with E-state index in [0.717, 1.165) is 57.6 Å². The van der Waals surface area contributed by atoms with Crippen LogP contribution in [0.25, 0.3) is 0 Å². The molecule has 0 unspecified atom stereocenters. The Morgan fingerprint density at radius 2 is 1.79 bits per heavy atom. The fourth-order valence-corrected chi connectivity index (χ4v) is 4.46. The monoisotopic (exact) mass is 381 g/mol. The molecule has 6 heteroatoms. The van der Waals surface area contributed by atoms with Crippen molar-refractivity contribution in [3.8, 4) is 0 Å². The van der Waals surface area contributed by atoms with Crippen molar-refractivity contribution in [1.29, 1.82) is 0 Å². The van der Waals surface area contributed by atoms with Crippen LogP contribution in [-0.4, -0.2) is 44.8 Å². The maximum absolute atomic E-state index is 12.5. The van der Waals surface area contributed by atoms with Gasteiger partial charge in [0, 0.05) is 25.6 Å². The molecule has 150 valence electrons. The quantitative estimate of drug-likeness (QED) is 0.860. The van der Waals surface area contributed by atoms with Crippen LogP contribution in [0.3, 0.4) is 0 Å². The lowest BCUT2D eigenvalue weighted by molar-refractivity contribution is 0.163. The van der Waals surface area contributed by atoms with Gasteiger partial charge in [-0.25, -0.2) is 4.79 Å². The largest absolute Gasteiger partial charge is 0.335 e. The molecule has 0 bridgehead atoms. The van der Waals surface area contributed by atoms with Gasteiger partial charge >= 0.3 is 6.03 Å². The molecule has 1 saturated carbocycles. The van der Waals surface area contributed by atoms with E-state index in [-0.39, 0.29) is 6.03 Å². The van der Waals surface area contributed by atoms with Crippen LogP contribution in [0.1, 0.15) is 56.3 Å². The smallest absolute Gasteiger partial charge is 0.317 e. The Hall–Kier alpha value is -2.37. The number of rotatable bonds is 5. The van der Waals surface area contributed by atoms with E-state index in [2.05, 4.69) is 44.3 Å². The highest BCUT2D eigenvalue weighted by atomic mass is 16.2. The molecular formula is C22H31N5O. The fourth-order valence-electron chi connectivity index (χ4n) is 4.46. The number of piperidine rings is 1. The third-order valence-electron chi connectivity index (χ3n) is 6.20. The van der Waals surface area contributed by atoms with Gasteiger partial charge in [0.2, 0.25) is 0 Å². The first kappa shape index (κ1) is 19.0. The van der Waals surface area contributed by atoms with E-state index in [4.69, 9.17) is 0 Å². The van der Waals surface area contributed by atoms with E-state index < -0.39 is 0 Å². The second-order valence-corrected chi connectivity index (χ2v) is 8.28. The fraction of sp³-hybridized carbons (Fsp3) is 0.591. The summed E-state index contributed by atoms with van der Waals surface area (Å²) in [5, 5.41) is 11.7. The molecule has 1 N–H and O–H groups in total. The van der Waals surface area contributed by atoms with Gasteiger partial charge in [0.25, 0.3) is 0 Å². The first-order valence-corrected chi connectivity index (χ1v) is 10.7. The average molecular weight is 382 g/mol. The average Bonchev–Trinajstić information content (AvgIpc) is 3.16. The molecule has 28 heavy (non-hydrogen) atoms. The zero-order valence-corrected chi connectivity index (χ0v) is 16.6. The second kappa shape index (κ2) is 9.22. The van der Waals surface area contributed by atoms with Gasteiger partial charge in [-0.3, -0.25) is 0 Å². The van der Waals surface area contributed by atoms with Gasteiger partial charge in [0.1, 0.15) is 12.2 Å². The summed E-state index contributed by atoms with van der Waals surface area (Å²) >= 11 is 0. The summed E-state index contributed by atoms with van der Waals surface area (Å²) in [5.41, 5.74) is 1.26. The summed E-state index contributed by atoms with van der Waals surface area (Å²) in [4.78, 5) is 14.5. The van der Waals surface area contributed by atoms with Crippen molar-refractivity contribution in [3.05, 3.63) is 48.0 Å². The van der Waals surface area contributed by atoms with Gasteiger partial charge in [0.15, 0.2) is 0 Å². The summed E-state index contributed by atoms with van der Waals surface area (Å²) in [6, 6.07) is 10.9. The molecule has 4 rings (SSSR count). The van der Waals surface area contributed by atoms with Gasteiger partial charge in [-0.05, 0) is 37.2 Å².